The van der Waals surface area contributed by atoms with Gasteiger partial charge in [0, 0.05) is 26.0 Å². The Morgan fingerprint density at radius 3 is 2.86 bits per heavy atom. The van der Waals surface area contributed by atoms with E-state index >= 15 is 0 Å². The van der Waals surface area contributed by atoms with Gasteiger partial charge in [-0.2, -0.15) is 10.1 Å². The van der Waals surface area contributed by atoms with Crippen molar-refractivity contribution >= 4 is 32.7 Å². The number of carbonyl (C=O) groups is 1. The third-order valence-corrected chi connectivity index (χ3v) is 5.81. The lowest BCUT2D eigenvalue weighted by atomic mass is 10.2. The highest BCUT2D eigenvalue weighted by Gasteiger charge is 2.18. The van der Waals surface area contributed by atoms with Crippen LogP contribution in [0.5, 0.6) is 0 Å². The summed E-state index contributed by atoms with van der Waals surface area (Å²) in [5.41, 5.74) is 4.87. The van der Waals surface area contributed by atoms with Gasteiger partial charge < -0.3 is 10.2 Å². The number of nitrogens with zero attached hydrogens (tertiary/aromatic N) is 5. The SMILES string of the molecule is Cc1cccc(-n2nc(C)c3sc(N(C)CC(=O)NCc4cccnc4)nc32)c1. The second-order valence-corrected chi connectivity index (χ2v) is 7.96. The van der Waals surface area contributed by atoms with Crippen molar-refractivity contribution < 1.29 is 4.79 Å². The van der Waals surface area contributed by atoms with Crippen LogP contribution in [0.15, 0.2) is 48.8 Å². The first-order valence-corrected chi connectivity index (χ1v) is 10.1. The highest BCUT2D eigenvalue weighted by atomic mass is 32.1. The van der Waals surface area contributed by atoms with E-state index in [1.807, 2.05) is 47.8 Å². The molecule has 1 aromatic carbocycles. The fraction of sp³-hybridized carbons (Fsp3) is 0.238. The van der Waals surface area contributed by atoms with Gasteiger partial charge >= 0.3 is 0 Å². The number of pyridine rings is 1. The van der Waals surface area contributed by atoms with Crippen molar-refractivity contribution in [2.24, 2.45) is 0 Å². The van der Waals surface area contributed by atoms with Gasteiger partial charge in [0.2, 0.25) is 5.91 Å². The molecule has 0 bridgehead atoms. The van der Waals surface area contributed by atoms with E-state index in [4.69, 9.17) is 4.98 Å². The number of amides is 1. The fourth-order valence-electron chi connectivity index (χ4n) is 3.07. The molecule has 4 aromatic rings. The highest BCUT2D eigenvalue weighted by Crippen LogP contribution is 2.32. The third kappa shape index (κ3) is 4.12. The molecule has 4 rings (SSSR count). The maximum Gasteiger partial charge on any atom is 0.239 e. The molecule has 29 heavy (non-hydrogen) atoms. The molecule has 7 nitrogen and oxygen atoms in total. The number of nitrogens with one attached hydrogen (secondary N) is 1. The Bertz CT molecular complexity index is 1150. The van der Waals surface area contributed by atoms with Crippen LogP contribution in [0, 0.1) is 13.8 Å². The van der Waals surface area contributed by atoms with Gasteiger partial charge in [-0.25, -0.2) is 4.68 Å². The number of thiazole rings is 1. The zero-order valence-corrected chi connectivity index (χ0v) is 17.4. The fourth-order valence-corrected chi connectivity index (χ4v) is 4.02. The Morgan fingerprint density at radius 1 is 1.24 bits per heavy atom. The monoisotopic (exact) mass is 406 g/mol. The number of fused-ring (bicyclic) bond motifs is 1. The third-order valence-electron chi connectivity index (χ3n) is 4.54. The maximum absolute atomic E-state index is 12.3. The molecule has 8 heteroatoms. The van der Waals surface area contributed by atoms with Gasteiger partial charge in [0.25, 0.3) is 0 Å². The molecule has 0 radical (unpaired) electrons. The first-order valence-electron chi connectivity index (χ1n) is 9.31. The maximum atomic E-state index is 12.3. The van der Waals surface area contributed by atoms with Crippen molar-refractivity contribution in [3.05, 3.63) is 65.6 Å². The quantitative estimate of drug-likeness (QED) is 0.532. The summed E-state index contributed by atoms with van der Waals surface area (Å²) in [4.78, 5) is 23.0. The predicted octanol–water partition coefficient (Wildman–Crippen LogP) is 3.25. The molecule has 0 saturated carbocycles. The van der Waals surface area contributed by atoms with Crippen LogP contribution >= 0.6 is 11.3 Å². The van der Waals surface area contributed by atoms with E-state index in [9.17, 15) is 4.79 Å². The lowest BCUT2D eigenvalue weighted by Gasteiger charge is -2.15. The van der Waals surface area contributed by atoms with Crippen LogP contribution in [0.25, 0.3) is 16.0 Å². The molecule has 0 aliphatic heterocycles. The summed E-state index contributed by atoms with van der Waals surface area (Å²) in [6, 6.07) is 12.0. The molecule has 1 amide bonds. The average molecular weight is 407 g/mol. The molecule has 3 heterocycles. The van der Waals surface area contributed by atoms with Crippen LogP contribution < -0.4 is 10.2 Å². The minimum Gasteiger partial charge on any atom is -0.350 e. The topological polar surface area (TPSA) is 75.9 Å². The van der Waals surface area contributed by atoms with Crippen molar-refractivity contribution in [3.63, 3.8) is 0 Å². The molecule has 148 valence electrons. The minimum absolute atomic E-state index is 0.0624. The van der Waals surface area contributed by atoms with E-state index in [1.54, 1.807) is 23.7 Å². The molecule has 0 unspecified atom stereocenters. The summed E-state index contributed by atoms with van der Waals surface area (Å²) in [6.45, 7) is 4.73. The molecule has 0 spiro atoms. The van der Waals surface area contributed by atoms with E-state index in [-0.39, 0.29) is 12.5 Å². The van der Waals surface area contributed by atoms with Gasteiger partial charge in [-0.15, -0.1) is 0 Å². The number of benzene rings is 1. The standard InChI is InChI=1S/C21H22N6OS/c1-14-6-4-8-17(10-14)27-20-19(15(2)25-27)29-21(24-20)26(3)13-18(28)23-12-16-7-5-9-22-11-16/h4-11H,12-13H2,1-3H3,(H,23,28). The number of carbonyl (C=O) groups excluding carboxylic acids is 1. The number of aromatic nitrogens is 4. The lowest BCUT2D eigenvalue weighted by Crippen LogP contribution is -2.34. The minimum atomic E-state index is -0.0624. The summed E-state index contributed by atoms with van der Waals surface area (Å²) in [6.07, 6.45) is 3.46. The van der Waals surface area contributed by atoms with Gasteiger partial charge in [0.1, 0.15) is 0 Å². The van der Waals surface area contributed by atoms with Crippen molar-refractivity contribution in [1.29, 1.82) is 0 Å². The number of likely N-dealkylation sites (N-methyl/N-ethyl adjacent to an activating group) is 1. The van der Waals surface area contributed by atoms with Gasteiger partial charge in [-0.1, -0.05) is 29.5 Å². The predicted molar refractivity (Wildman–Crippen MR) is 116 cm³/mol. The number of rotatable bonds is 6. The van der Waals surface area contributed by atoms with Crippen LogP contribution in [0.3, 0.4) is 0 Å². The van der Waals surface area contributed by atoms with Crippen LogP contribution in [-0.2, 0) is 11.3 Å². The zero-order chi connectivity index (χ0) is 20.4. The van der Waals surface area contributed by atoms with Crippen molar-refractivity contribution in [1.82, 2.24) is 25.1 Å². The van der Waals surface area contributed by atoms with Gasteiger partial charge in [0.05, 0.1) is 22.6 Å². The summed E-state index contributed by atoms with van der Waals surface area (Å²) >= 11 is 1.55. The normalized spacial score (nSPS) is 11.0. The van der Waals surface area contributed by atoms with Gasteiger partial charge in [0.15, 0.2) is 10.8 Å². The molecule has 0 atom stereocenters. The Kier molecular flexibility index (Phi) is 5.26. The van der Waals surface area contributed by atoms with Crippen molar-refractivity contribution in [3.8, 4) is 5.69 Å². The van der Waals surface area contributed by atoms with Crippen LogP contribution in [0.2, 0.25) is 0 Å². The first-order chi connectivity index (χ1) is 14.0. The number of anilines is 1. The Balaban J connectivity index is 1.50. The smallest absolute Gasteiger partial charge is 0.239 e. The highest BCUT2D eigenvalue weighted by molar-refractivity contribution is 7.22. The van der Waals surface area contributed by atoms with Crippen molar-refractivity contribution in [2.45, 2.75) is 20.4 Å². The zero-order valence-electron chi connectivity index (χ0n) is 16.6. The van der Waals surface area contributed by atoms with E-state index in [0.29, 0.717) is 6.54 Å². The summed E-state index contributed by atoms with van der Waals surface area (Å²) < 4.78 is 2.90. The van der Waals surface area contributed by atoms with Crippen LogP contribution in [0.1, 0.15) is 16.8 Å². The molecule has 0 fully saturated rings. The average Bonchev–Trinajstić information content (AvgIpc) is 3.28. The Labute approximate surface area is 173 Å². The molecule has 0 saturated heterocycles. The van der Waals surface area contributed by atoms with Gasteiger partial charge in [-0.05, 0) is 43.2 Å². The Morgan fingerprint density at radius 2 is 2.10 bits per heavy atom. The van der Waals surface area contributed by atoms with E-state index in [0.717, 1.165) is 32.4 Å². The number of hydrogen-bond acceptors (Lipinski definition) is 6. The van der Waals surface area contributed by atoms with Crippen LogP contribution in [0.4, 0.5) is 5.13 Å². The van der Waals surface area contributed by atoms with E-state index < -0.39 is 0 Å². The largest absolute Gasteiger partial charge is 0.350 e. The second-order valence-electron chi connectivity index (χ2n) is 6.98. The molecule has 0 aliphatic rings. The van der Waals surface area contributed by atoms with Crippen LogP contribution in [-0.4, -0.2) is 39.2 Å². The van der Waals surface area contributed by atoms with Crippen molar-refractivity contribution in [2.75, 3.05) is 18.5 Å². The van der Waals surface area contributed by atoms with E-state index in [2.05, 4.69) is 34.5 Å². The number of aryl methyl sites for hydroxylation is 2. The number of hydrogen-bond donors (Lipinski definition) is 1. The second kappa shape index (κ2) is 8.00. The summed E-state index contributed by atoms with van der Waals surface area (Å²) in [7, 11) is 1.88. The molecular formula is C21H22N6OS. The summed E-state index contributed by atoms with van der Waals surface area (Å²) in [5, 5.41) is 8.36. The molecule has 0 aliphatic carbocycles. The first kappa shape index (κ1) is 19.1. The molecule has 1 N–H and O–H groups in total. The van der Waals surface area contributed by atoms with E-state index in [1.165, 1.54) is 5.56 Å². The summed E-state index contributed by atoms with van der Waals surface area (Å²) in [5.74, 6) is -0.0624. The lowest BCUT2D eigenvalue weighted by molar-refractivity contribution is -0.119. The molecular weight excluding hydrogens is 384 g/mol. The Hall–Kier alpha value is -3.26. The molecule has 3 aromatic heterocycles. The van der Waals surface area contributed by atoms with Gasteiger partial charge in [-0.3, -0.25) is 9.78 Å².